The molecule has 0 fully saturated rings. The number of amides is 1. The fraction of sp³-hybridized carbons (Fsp3) is 0.421. The van der Waals surface area contributed by atoms with E-state index in [0.29, 0.717) is 6.42 Å². The summed E-state index contributed by atoms with van der Waals surface area (Å²) in [5, 5.41) is 2.09. The molecule has 1 atom stereocenters. The molecule has 3 rings (SSSR count). The van der Waals surface area contributed by atoms with Crippen LogP contribution in [0, 0.1) is 5.82 Å². The molecule has 2 nitrogen and oxygen atoms in total. The lowest BCUT2D eigenvalue weighted by Gasteiger charge is -2.36. The molecule has 0 saturated carbocycles. The highest BCUT2D eigenvalue weighted by Gasteiger charge is 2.32. The van der Waals surface area contributed by atoms with Gasteiger partial charge in [0.25, 0.3) is 0 Å². The summed E-state index contributed by atoms with van der Waals surface area (Å²) in [6.07, 6.45) is 4.67. The van der Waals surface area contributed by atoms with Crippen molar-refractivity contribution in [3.05, 3.63) is 57.5 Å². The molecular weight excluding hydrogens is 309 g/mol. The Morgan fingerprint density at radius 2 is 2.04 bits per heavy atom. The zero-order valence-electron chi connectivity index (χ0n) is 13.4. The van der Waals surface area contributed by atoms with Gasteiger partial charge in [-0.15, -0.1) is 11.3 Å². The van der Waals surface area contributed by atoms with Gasteiger partial charge in [-0.1, -0.05) is 31.9 Å². The fourth-order valence-electron chi connectivity index (χ4n) is 3.26. The van der Waals surface area contributed by atoms with Crippen LogP contribution in [0.25, 0.3) is 0 Å². The number of hydrogen-bond donors (Lipinski definition) is 0. The molecule has 0 radical (unpaired) electrons. The molecule has 0 spiro atoms. The van der Waals surface area contributed by atoms with E-state index in [1.807, 2.05) is 4.90 Å². The number of nitrogens with zero attached hydrogens (tertiary/aromatic N) is 1. The van der Waals surface area contributed by atoms with E-state index >= 15 is 0 Å². The number of fused-ring (bicyclic) bond motifs is 1. The zero-order valence-corrected chi connectivity index (χ0v) is 14.2. The minimum Gasteiger partial charge on any atom is -0.331 e. The average Bonchev–Trinajstić information content (AvgIpc) is 3.03. The Balaban J connectivity index is 1.89. The third-order valence-electron chi connectivity index (χ3n) is 4.47. The summed E-state index contributed by atoms with van der Waals surface area (Å²) in [5.41, 5.74) is 2.20. The van der Waals surface area contributed by atoms with Crippen LogP contribution in [0.15, 0.2) is 35.7 Å². The second kappa shape index (κ2) is 7.26. The highest BCUT2D eigenvalue weighted by atomic mass is 32.1. The van der Waals surface area contributed by atoms with Crippen LogP contribution in [-0.4, -0.2) is 17.4 Å². The molecule has 23 heavy (non-hydrogen) atoms. The Morgan fingerprint density at radius 3 is 2.78 bits per heavy atom. The fourth-order valence-corrected chi connectivity index (χ4v) is 4.16. The summed E-state index contributed by atoms with van der Waals surface area (Å²) >= 11 is 1.75. The van der Waals surface area contributed by atoms with E-state index in [4.69, 9.17) is 0 Å². The van der Waals surface area contributed by atoms with Crippen molar-refractivity contribution in [2.24, 2.45) is 0 Å². The van der Waals surface area contributed by atoms with Crippen molar-refractivity contribution in [3.8, 4) is 0 Å². The minimum atomic E-state index is -0.240. The van der Waals surface area contributed by atoms with Gasteiger partial charge in [-0.2, -0.15) is 0 Å². The van der Waals surface area contributed by atoms with E-state index in [1.54, 1.807) is 23.5 Å². The molecule has 1 aromatic heterocycles. The third-order valence-corrected chi connectivity index (χ3v) is 5.46. The van der Waals surface area contributed by atoms with Crippen molar-refractivity contribution in [1.29, 1.82) is 0 Å². The first-order valence-electron chi connectivity index (χ1n) is 8.32. The standard InChI is InChI=1S/C19H22FNOS/c1-2-3-4-5-18(22)21-12-10-17-16(11-13-23-17)19(21)14-6-8-15(20)9-7-14/h6-9,11,13,19H,2-5,10,12H2,1H3/t19-/m1/s1. The van der Waals surface area contributed by atoms with Crippen molar-refractivity contribution in [2.45, 2.75) is 45.1 Å². The number of unbranched alkanes of at least 4 members (excludes halogenated alkanes) is 2. The van der Waals surface area contributed by atoms with Gasteiger partial charge < -0.3 is 4.90 Å². The van der Waals surface area contributed by atoms with E-state index in [9.17, 15) is 9.18 Å². The number of carbonyl (C=O) groups excluding carboxylic acids is 1. The van der Waals surface area contributed by atoms with Gasteiger partial charge in [-0.25, -0.2) is 4.39 Å². The van der Waals surface area contributed by atoms with Gasteiger partial charge in [-0.05, 0) is 47.5 Å². The summed E-state index contributed by atoms with van der Waals surface area (Å²) in [7, 11) is 0. The van der Waals surface area contributed by atoms with Gasteiger partial charge >= 0.3 is 0 Å². The van der Waals surface area contributed by atoms with Gasteiger partial charge in [0.2, 0.25) is 5.91 Å². The summed E-state index contributed by atoms with van der Waals surface area (Å²) < 4.78 is 13.3. The summed E-state index contributed by atoms with van der Waals surface area (Å²) in [6.45, 7) is 2.89. The second-order valence-electron chi connectivity index (χ2n) is 6.05. The monoisotopic (exact) mass is 331 g/mol. The molecule has 4 heteroatoms. The molecule has 0 N–H and O–H groups in total. The van der Waals surface area contributed by atoms with Crippen molar-refractivity contribution < 1.29 is 9.18 Å². The smallest absolute Gasteiger partial charge is 0.223 e. The van der Waals surface area contributed by atoms with Crippen LogP contribution >= 0.6 is 11.3 Å². The van der Waals surface area contributed by atoms with E-state index in [-0.39, 0.29) is 17.8 Å². The highest BCUT2D eigenvalue weighted by Crippen LogP contribution is 2.38. The number of thiophene rings is 1. The number of rotatable bonds is 5. The molecule has 0 bridgehead atoms. The molecule has 122 valence electrons. The highest BCUT2D eigenvalue weighted by molar-refractivity contribution is 7.10. The maximum Gasteiger partial charge on any atom is 0.223 e. The first-order valence-corrected chi connectivity index (χ1v) is 9.20. The quantitative estimate of drug-likeness (QED) is 0.711. The lowest BCUT2D eigenvalue weighted by Crippen LogP contribution is -2.40. The Kier molecular flexibility index (Phi) is 5.11. The first-order chi connectivity index (χ1) is 11.2. The van der Waals surface area contributed by atoms with Gasteiger partial charge in [0, 0.05) is 17.8 Å². The SMILES string of the molecule is CCCCCC(=O)N1CCc2sccc2[C@H]1c1ccc(F)cc1. The Hall–Kier alpha value is -1.68. The van der Waals surface area contributed by atoms with E-state index in [0.717, 1.165) is 37.8 Å². The molecule has 1 aliphatic heterocycles. The van der Waals surface area contributed by atoms with Crippen LogP contribution in [0.3, 0.4) is 0 Å². The topological polar surface area (TPSA) is 20.3 Å². The van der Waals surface area contributed by atoms with E-state index in [1.165, 1.54) is 22.6 Å². The van der Waals surface area contributed by atoms with E-state index in [2.05, 4.69) is 18.4 Å². The first kappa shape index (κ1) is 16.2. The average molecular weight is 331 g/mol. The summed E-state index contributed by atoms with van der Waals surface area (Å²) in [6, 6.07) is 8.61. The van der Waals surface area contributed by atoms with Crippen LogP contribution in [0.4, 0.5) is 4.39 Å². The Bertz CT molecular complexity index is 664. The maximum atomic E-state index is 13.3. The normalized spacial score (nSPS) is 17.1. The number of benzene rings is 1. The lowest BCUT2D eigenvalue weighted by molar-refractivity contribution is -0.133. The van der Waals surface area contributed by atoms with Crippen LogP contribution in [-0.2, 0) is 11.2 Å². The van der Waals surface area contributed by atoms with Gasteiger partial charge in [0.05, 0.1) is 6.04 Å². The van der Waals surface area contributed by atoms with Crippen LogP contribution in [0.5, 0.6) is 0 Å². The van der Waals surface area contributed by atoms with Crippen LogP contribution in [0.1, 0.15) is 54.7 Å². The molecule has 0 aliphatic carbocycles. The minimum absolute atomic E-state index is 0.0697. The summed E-state index contributed by atoms with van der Waals surface area (Å²) in [5.74, 6) is -0.0273. The predicted molar refractivity (Wildman–Crippen MR) is 92.1 cm³/mol. The molecular formula is C19H22FNOS. The number of hydrogen-bond acceptors (Lipinski definition) is 2. The molecule has 2 heterocycles. The molecule has 2 aromatic rings. The molecule has 1 amide bonds. The Labute approximate surface area is 140 Å². The van der Waals surface area contributed by atoms with Crippen LogP contribution in [0.2, 0.25) is 0 Å². The second-order valence-corrected chi connectivity index (χ2v) is 7.05. The molecule has 0 unspecified atom stereocenters. The third kappa shape index (κ3) is 3.47. The van der Waals surface area contributed by atoms with Gasteiger partial charge in [0.1, 0.15) is 5.82 Å². The molecule has 0 saturated heterocycles. The zero-order chi connectivity index (χ0) is 16.2. The van der Waals surface area contributed by atoms with Crippen molar-refractivity contribution in [2.75, 3.05) is 6.54 Å². The largest absolute Gasteiger partial charge is 0.331 e. The van der Waals surface area contributed by atoms with E-state index < -0.39 is 0 Å². The Morgan fingerprint density at radius 1 is 1.26 bits per heavy atom. The lowest BCUT2D eigenvalue weighted by atomic mass is 9.92. The van der Waals surface area contributed by atoms with Crippen molar-refractivity contribution in [1.82, 2.24) is 4.90 Å². The number of carbonyl (C=O) groups is 1. The molecule has 1 aromatic carbocycles. The molecule has 1 aliphatic rings. The van der Waals surface area contributed by atoms with Gasteiger partial charge in [-0.3, -0.25) is 4.79 Å². The summed E-state index contributed by atoms with van der Waals surface area (Å²) in [4.78, 5) is 16.0. The predicted octanol–water partition coefficient (Wildman–Crippen LogP) is 4.94. The maximum absolute atomic E-state index is 13.3. The van der Waals surface area contributed by atoms with Crippen LogP contribution < -0.4 is 0 Å². The van der Waals surface area contributed by atoms with Crippen molar-refractivity contribution in [3.63, 3.8) is 0 Å². The van der Waals surface area contributed by atoms with Gasteiger partial charge in [0.15, 0.2) is 0 Å². The van der Waals surface area contributed by atoms with Crippen molar-refractivity contribution >= 4 is 17.2 Å². The number of halogens is 1.